The molecule has 2 aromatic rings. The number of esters is 4. The summed E-state index contributed by atoms with van der Waals surface area (Å²) in [7, 11) is 0. The summed E-state index contributed by atoms with van der Waals surface area (Å²) in [5, 5.41) is 20.0. The van der Waals surface area contributed by atoms with Crippen LogP contribution in [-0.4, -0.2) is 77.2 Å². The summed E-state index contributed by atoms with van der Waals surface area (Å²) in [5.74, 6) is -3.85. The fraction of sp³-hybridized carbons (Fsp3) is 0.393. The van der Waals surface area contributed by atoms with Crippen LogP contribution in [-0.2, 0) is 49.3 Å². The van der Waals surface area contributed by atoms with Crippen molar-refractivity contribution >= 4 is 29.7 Å². The van der Waals surface area contributed by atoms with E-state index in [0.717, 1.165) is 33.8 Å². The van der Waals surface area contributed by atoms with E-state index in [2.05, 4.69) is 0 Å². The van der Waals surface area contributed by atoms with E-state index in [-0.39, 0.29) is 23.5 Å². The van der Waals surface area contributed by atoms with Gasteiger partial charge in [-0.25, -0.2) is 0 Å². The van der Waals surface area contributed by atoms with Gasteiger partial charge >= 0.3 is 23.9 Å². The molecule has 0 saturated carbocycles. The summed E-state index contributed by atoms with van der Waals surface area (Å²) >= 11 is 0. The minimum absolute atomic E-state index is 0.00744. The molecule has 0 spiro atoms. The third-order valence-corrected chi connectivity index (χ3v) is 5.77. The number of ketones is 1. The highest BCUT2D eigenvalue weighted by Gasteiger charge is 2.53. The van der Waals surface area contributed by atoms with Crippen molar-refractivity contribution in [1.82, 2.24) is 0 Å². The smallest absolute Gasteiger partial charge is 0.303 e. The molecule has 1 aliphatic heterocycles. The zero-order valence-electron chi connectivity index (χ0n) is 22.7. The third kappa shape index (κ3) is 8.67. The molecule has 1 aliphatic rings. The van der Waals surface area contributed by atoms with E-state index < -0.39 is 72.7 Å². The van der Waals surface area contributed by atoms with Crippen LogP contribution in [0.3, 0.4) is 0 Å². The molecule has 220 valence electrons. The van der Waals surface area contributed by atoms with Crippen molar-refractivity contribution < 1.29 is 62.6 Å². The Morgan fingerprint density at radius 2 is 1.34 bits per heavy atom. The van der Waals surface area contributed by atoms with Gasteiger partial charge in [0.25, 0.3) is 0 Å². The summed E-state index contributed by atoms with van der Waals surface area (Å²) < 4.78 is 32.8. The maximum Gasteiger partial charge on any atom is 0.303 e. The largest absolute Gasteiger partial charge is 0.508 e. The molecule has 0 amide bonds. The van der Waals surface area contributed by atoms with E-state index in [0.29, 0.717) is 5.56 Å². The van der Waals surface area contributed by atoms with Crippen molar-refractivity contribution in [3.63, 3.8) is 0 Å². The van der Waals surface area contributed by atoms with Crippen LogP contribution in [0.2, 0.25) is 0 Å². The first kappa shape index (κ1) is 30.9. The van der Waals surface area contributed by atoms with Gasteiger partial charge < -0.3 is 38.6 Å². The van der Waals surface area contributed by atoms with Crippen LogP contribution < -0.4 is 4.74 Å². The van der Waals surface area contributed by atoms with Crippen LogP contribution in [0.1, 0.15) is 43.6 Å². The second kappa shape index (κ2) is 13.6. The van der Waals surface area contributed by atoms with E-state index in [1.807, 2.05) is 0 Å². The number of carbonyl (C=O) groups is 5. The standard InChI is InChI=1S/C28H30O13/c1-14(29)36-13-24-25(37-15(2)30)26(38-16(3)31)27(39-17(4)32)28(41-24)40-20-9-10-21(23(35)12-20)22(34)11-18-5-7-19(33)8-6-18/h5-10,12,24-28,33,35H,11,13H2,1-4H3/t24-,25-,26+,27-,28-/m0/s1. The molecule has 5 atom stereocenters. The summed E-state index contributed by atoms with van der Waals surface area (Å²) in [4.78, 5) is 60.0. The molecule has 13 heteroatoms. The first-order chi connectivity index (χ1) is 19.3. The van der Waals surface area contributed by atoms with Crippen LogP contribution in [0.5, 0.6) is 17.2 Å². The van der Waals surface area contributed by atoms with Gasteiger partial charge in [-0.1, -0.05) is 12.1 Å². The van der Waals surface area contributed by atoms with E-state index in [1.165, 1.54) is 24.3 Å². The van der Waals surface area contributed by atoms with E-state index in [1.54, 1.807) is 12.1 Å². The van der Waals surface area contributed by atoms with Crippen molar-refractivity contribution in [3.05, 3.63) is 53.6 Å². The number of phenols is 2. The number of Topliss-reactive ketones (excluding diaryl/α,β-unsaturated/α-hetero) is 1. The van der Waals surface area contributed by atoms with Crippen molar-refractivity contribution in [2.45, 2.75) is 64.8 Å². The number of benzene rings is 2. The molecule has 13 nitrogen and oxygen atoms in total. The maximum absolute atomic E-state index is 12.8. The molecule has 0 aliphatic carbocycles. The minimum atomic E-state index is -1.51. The normalized spacial score (nSPS) is 21.7. The average molecular weight is 575 g/mol. The summed E-state index contributed by atoms with van der Waals surface area (Å²) in [6.45, 7) is 4.00. The highest BCUT2D eigenvalue weighted by atomic mass is 16.7. The van der Waals surface area contributed by atoms with Gasteiger partial charge in [0, 0.05) is 40.2 Å². The van der Waals surface area contributed by atoms with Gasteiger partial charge in [-0.2, -0.15) is 0 Å². The van der Waals surface area contributed by atoms with Gasteiger partial charge in [0.15, 0.2) is 18.0 Å². The highest BCUT2D eigenvalue weighted by Crippen LogP contribution is 2.33. The highest BCUT2D eigenvalue weighted by molar-refractivity contribution is 6.00. The number of aromatic hydroxyl groups is 2. The van der Waals surface area contributed by atoms with Crippen LogP contribution >= 0.6 is 0 Å². The Kier molecular flexibility index (Phi) is 10.3. The predicted molar refractivity (Wildman–Crippen MR) is 137 cm³/mol. The summed E-state index contributed by atoms with van der Waals surface area (Å²) in [5.41, 5.74) is 0.608. The van der Waals surface area contributed by atoms with Crippen molar-refractivity contribution in [3.8, 4) is 17.2 Å². The lowest BCUT2D eigenvalue weighted by Crippen LogP contribution is -2.63. The first-order valence-corrected chi connectivity index (χ1v) is 12.4. The Labute approximate surface area is 234 Å². The molecule has 0 aromatic heterocycles. The monoisotopic (exact) mass is 574 g/mol. The van der Waals surface area contributed by atoms with Crippen molar-refractivity contribution in [1.29, 1.82) is 0 Å². The number of rotatable bonds is 10. The molecular weight excluding hydrogens is 544 g/mol. The maximum atomic E-state index is 12.8. The molecule has 0 radical (unpaired) electrons. The predicted octanol–water partition coefficient (Wildman–Crippen LogP) is 1.99. The average Bonchev–Trinajstić information content (AvgIpc) is 2.87. The van der Waals surface area contributed by atoms with Gasteiger partial charge in [0.1, 0.15) is 30.0 Å². The molecule has 1 fully saturated rings. The second-order valence-electron chi connectivity index (χ2n) is 9.13. The Hall–Kier alpha value is -4.65. The van der Waals surface area contributed by atoms with Crippen LogP contribution in [0.4, 0.5) is 0 Å². The van der Waals surface area contributed by atoms with Gasteiger partial charge in [-0.15, -0.1) is 0 Å². The quantitative estimate of drug-likeness (QED) is 0.239. The first-order valence-electron chi connectivity index (χ1n) is 12.4. The Balaban J connectivity index is 1.90. The lowest BCUT2D eigenvalue weighted by Gasteiger charge is -2.43. The molecule has 0 unspecified atom stereocenters. The van der Waals surface area contributed by atoms with Gasteiger partial charge in [-0.05, 0) is 29.8 Å². The van der Waals surface area contributed by atoms with Gasteiger partial charge in [0.2, 0.25) is 12.4 Å². The van der Waals surface area contributed by atoms with Crippen molar-refractivity contribution in [2.24, 2.45) is 0 Å². The van der Waals surface area contributed by atoms with Crippen molar-refractivity contribution in [2.75, 3.05) is 6.61 Å². The third-order valence-electron chi connectivity index (χ3n) is 5.77. The Morgan fingerprint density at radius 3 is 1.90 bits per heavy atom. The summed E-state index contributed by atoms with van der Waals surface area (Å²) in [6.07, 6.45) is -7.02. The molecule has 41 heavy (non-hydrogen) atoms. The minimum Gasteiger partial charge on any atom is -0.508 e. The molecule has 2 aromatic carbocycles. The SMILES string of the molecule is CC(=O)OC[C@@H]1O[C@H](Oc2ccc(C(=O)Cc3ccc(O)cc3)c(O)c2)[C@@H](OC(C)=O)[C@H](OC(C)=O)[C@H]1OC(C)=O. The molecule has 2 N–H and O–H groups in total. The number of phenolic OH excluding ortho intramolecular Hbond substituents is 2. The fourth-order valence-electron chi connectivity index (χ4n) is 4.13. The molecule has 1 saturated heterocycles. The van der Waals surface area contributed by atoms with E-state index >= 15 is 0 Å². The topological polar surface area (TPSA) is 181 Å². The van der Waals surface area contributed by atoms with Gasteiger partial charge in [-0.3, -0.25) is 24.0 Å². The molecule has 1 heterocycles. The number of ether oxygens (including phenoxy) is 6. The number of hydrogen-bond acceptors (Lipinski definition) is 13. The van der Waals surface area contributed by atoms with Crippen LogP contribution in [0.15, 0.2) is 42.5 Å². The fourth-order valence-corrected chi connectivity index (χ4v) is 4.13. The second-order valence-corrected chi connectivity index (χ2v) is 9.13. The molecular formula is C28H30O13. The zero-order valence-corrected chi connectivity index (χ0v) is 22.7. The van der Waals surface area contributed by atoms with E-state index in [4.69, 9.17) is 28.4 Å². The lowest BCUT2D eigenvalue weighted by molar-refractivity contribution is -0.288. The number of hydrogen-bond donors (Lipinski definition) is 2. The van der Waals surface area contributed by atoms with Crippen LogP contribution in [0, 0.1) is 0 Å². The number of carbonyl (C=O) groups excluding carboxylic acids is 5. The zero-order chi connectivity index (χ0) is 30.3. The Bertz CT molecular complexity index is 1290. The van der Waals surface area contributed by atoms with Crippen LogP contribution in [0.25, 0.3) is 0 Å². The summed E-state index contributed by atoms with van der Waals surface area (Å²) in [6, 6.07) is 9.84. The lowest BCUT2D eigenvalue weighted by atomic mass is 9.98. The molecule has 3 rings (SSSR count). The molecule has 0 bridgehead atoms. The van der Waals surface area contributed by atoms with E-state index in [9.17, 15) is 34.2 Å². The van der Waals surface area contributed by atoms with Gasteiger partial charge in [0.05, 0.1) is 5.56 Å². The Morgan fingerprint density at radius 1 is 0.756 bits per heavy atom.